The van der Waals surface area contributed by atoms with E-state index in [9.17, 15) is 5.11 Å². The molecule has 0 radical (unpaired) electrons. The number of ether oxygens (including phenoxy) is 1. The van der Waals surface area contributed by atoms with Crippen LogP contribution < -0.4 is 4.74 Å². The fourth-order valence-corrected chi connectivity index (χ4v) is 3.07. The second-order valence-corrected chi connectivity index (χ2v) is 5.38. The molecule has 0 aliphatic carbocycles. The quantitative estimate of drug-likeness (QED) is 0.923. The molecule has 0 fully saturated rings. The SMILES string of the molecule is OC(Cc1ccoc1)C1CSc2ccccc2O1. The number of furan rings is 1. The molecule has 2 heterocycles. The van der Waals surface area contributed by atoms with Crippen molar-refractivity contribution in [2.75, 3.05) is 5.75 Å². The van der Waals surface area contributed by atoms with E-state index in [1.54, 1.807) is 24.3 Å². The second kappa shape index (κ2) is 5.08. The Labute approximate surface area is 110 Å². The molecule has 1 aliphatic rings. The van der Waals surface area contributed by atoms with Gasteiger partial charge >= 0.3 is 0 Å². The van der Waals surface area contributed by atoms with Crippen LogP contribution in [-0.4, -0.2) is 23.1 Å². The predicted molar refractivity (Wildman–Crippen MR) is 70.0 cm³/mol. The van der Waals surface area contributed by atoms with Gasteiger partial charge in [0, 0.05) is 17.1 Å². The topological polar surface area (TPSA) is 42.6 Å². The third kappa shape index (κ3) is 2.40. The van der Waals surface area contributed by atoms with E-state index in [-0.39, 0.29) is 6.10 Å². The highest BCUT2D eigenvalue weighted by molar-refractivity contribution is 7.99. The largest absolute Gasteiger partial charge is 0.486 e. The molecule has 4 heteroatoms. The van der Waals surface area contributed by atoms with Gasteiger partial charge in [0.25, 0.3) is 0 Å². The number of hydrogen-bond donors (Lipinski definition) is 1. The van der Waals surface area contributed by atoms with Gasteiger partial charge in [-0.15, -0.1) is 11.8 Å². The van der Waals surface area contributed by atoms with Crippen molar-refractivity contribution in [1.82, 2.24) is 0 Å². The summed E-state index contributed by atoms with van der Waals surface area (Å²) >= 11 is 1.73. The van der Waals surface area contributed by atoms with Gasteiger partial charge in [0.15, 0.2) is 0 Å². The van der Waals surface area contributed by atoms with Crippen molar-refractivity contribution in [3.63, 3.8) is 0 Å². The number of para-hydroxylation sites is 1. The van der Waals surface area contributed by atoms with Crippen LogP contribution in [0.25, 0.3) is 0 Å². The molecule has 0 bridgehead atoms. The fraction of sp³-hybridized carbons (Fsp3) is 0.286. The molecule has 2 aromatic rings. The van der Waals surface area contributed by atoms with Crippen LogP contribution in [0.3, 0.4) is 0 Å². The highest BCUT2D eigenvalue weighted by Crippen LogP contribution is 2.36. The van der Waals surface area contributed by atoms with Gasteiger partial charge in [-0.3, -0.25) is 0 Å². The van der Waals surface area contributed by atoms with Gasteiger partial charge in [0.2, 0.25) is 0 Å². The molecule has 0 saturated carbocycles. The molecule has 1 N–H and O–H groups in total. The second-order valence-electron chi connectivity index (χ2n) is 4.32. The first-order valence-electron chi connectivity index (χ1n) is 5.90. The average molecular weight is 262 g/mol. The van der Waals surface area contributed by atoms with Gasteiger partial charge in [-0.1, -0.05) is 12.1 Å². The van der Waals surface area contributed by atoms with Gasteiger partial charge in [-0.2, -0.15) is 0 Å². The smallest absolute Gasteiger partial charge is 0.134 e. The van der Waals surface area contributed by atoms with Crippen LogP contribution in [0.4, 0.5) is 0 Å². The molecule has 1 aromatic heterocycles. The molecule has 94 valence electrons. The summed E-state index contributed by atoms with van der Waals surface area (Å²) in [5.41, 5.74) is 0.995. The van der Waals surface area contributed by atoms with Crippen molar-refractivity contribution in [3.05, 3.63) is 48.4 Å². The Balaban J connectivity index is 1.68. The Bertz CT molecular complexity index is 510. The maximum Gasteiger partial charge on any atom is 0.134 e. The van der Waals surface area contributed by atoms with E-state index in [0.717, 1.165) is 22.0 Å². The van der Waals surface area contributed by atoms with Crippen LogP contribution in [0.5, 0.6) is 5.75 Å². The normalized spacial score (nSPS) is 19.9. The summed E-state index contributed by atoms with van der Waals surface area (Å²) in [4.78, 5) is 1.14. The lowest BCUT2D eigenvalue weighted by molar-refractivity contribution is 0.0468. The molecule has 1 aliphatic heterocycles. The Hall–Kier alpha value is -1.39. The number of thioether (sulfide) groups is 1. The monoisotopic (exact) mass is 262 g/mol. The zero-order valence-electron chi connectivity index (χ0n) is 9.78. The molecule has 2 unspecified atom stereocenters. The van der Waals surface area contributed by atoms with E-state index in [0.29, 0.717) is 6.42 Å². The van der Waals surface area contributed by atoms with Gasteiger partial charge in [0.05, 0.1) is 18.6 Å². The Kier molecular flexibility index (Phi) is 3.30. The number of rotatable bonds is 3. The van der Waals surface area contributed by atoms with E-state index in [4.69, 9.17) is 9.15 Å². The highest BCUT2D eigenvalue weighted by atomic mass is 32.2. The third-order valence-electron chi connectivity index (χ3n) is 2.98. The highest BCUT2D eigenvalue weighted by Gasteiger charge is 2.26. The number of hydrogen-bond acceptors (Lipinski definition) is 4. The van der Waals surface area contributed by atoms with Crippen molar-refractivity contribution in [2.24, 2.45) is 0 Å². The van der Waals surface area contributed by atoms with Crippen LogP contribution in [0, 0.1) is 0 Å². The van der Waals surface area contributed by atoms with Crippen molar-refractivity contribution >= 4 is 11.8 Å². The first-order chi connectivity index (χ1) is 8.83. The van der Waals surface area contributed by atoms with E-state index in [1.807, 2.05) is 30.3 Å². The van der Waals surface area contributed by atoms with E-state index >= 15 is 0 Å². The van der Waals surface area contributed by atoms with Crippen molar-refractivity contribution < 1.29 is 14.3 Å². The van der Waals surface area contributed by atoms with Crippen LogP contribution in [-0.2, 0) is 6.42 Å². The number of aliphatic hydroxyl groups excluding tert-OH is 1. The third-order valence-corrected chi connectivity index (χ3v) is 4.13. The zero-order chi connectivity index (χ0) is 12.4. The lowest BCUT2D eigenvalue weighted by atomic mass is 10.1. The summed E-state index contributed by atoms with van der Waals surface area (Å²) in [7, 11) is 0. The van der Waals surface area contributed by atoms with Crippen LogP contribution in [0.2, 0.25) is 0 Å². The minimum absolute atomic E-state index is 0.167. The zero-order valence-corrected chi connectivity index (χ0v) is 10.6. The first-order valence-corrected chi connectivity index (χ1v) is 6.89. The van der Waals surface area contributed by atoms with Gasteiger partial charge in [0.1, 0.15) is 11.9 Å². The summed E-state index contributed by atoms with van der Waals surface area (Å²) in [6.45, 7) is 0. The minimum Gasteiger partial charge on any atom is -0.486 e. The van der Waals surface area contributed by atoms with E-state index < -0.39 is 6.10 Å². The summed E-state index contributed by atoms with van der Waals surface area (Å²) in [6.07, 6.45) is 3.16. The van der Waals surface area contributed by atoms with Crippen LogP contribution in [0.15, 0.2) is 52.2 Å². The van der Waals surface area contributed by atoms with Crippen molar-refractivity contribution in [1.29, 1.82) is 0 Å². The summed E-state index contributed by atoms with van der Waals surface area (Å²) in [5, 5.41) is 10.2. The fourth-order valence-electron chi connectivity index (χ4n) is 2.01. The van der Waals surface area contributed by atoms with Crippen molar-refractivity contribution in [2.45, 2.75) is 23.5 Å². The number of benzene rings is 1. The molecule has 3 rings (SSSR count). The average Bonchev–Trinajstić information content (AvgIpc) is 2.91. The minimum atomic E-state index is -0.511. The maximum atomic E-state index is 10.2. The molecule has 3 nitrogen and oxygen atoms in total. The lowest BCUT2D eigenvalue weighted by Gasteiger charge is -2.28. The summed E-state index contributed by atoms with van der Waals surface area (Å²) in [5.74, 6) is 1.64. The summed E-state index contributed by atoms with van der Waals surface area (Å²) < 4.78 is 10.8. The molecular weight excluding hydrogens is 248 g/mol. The van der Waals surface area contributed by atoms with Gasteiger partial charge in [-0.05, 0) is 23.8 Å². The molecule has 2 atom stereocenters. The Morgan fingerprint density at radius 3 is 3.06 bits per heavy atom. The summed E-state index contributed by atoms with van der Waals surface area (Å²) in [6, 6.07) is 9.80. The van der Waals surface area contributed by atoms with Gasteiger partial charge in [-0.25, -0.2) is 0 Å². The number of aliphatic hydroxyl groups is 1. The van der Waals surface area contributed by atoms with Gasteiger partial charge < -0.3 is 14.3 Å². The first kappa shape index (κ1) is 11.7. The predicted octanol–water partition coefficient (Wildman–Crippen LogP) is 2.74. The van der Waals surface area contributed by atoms with E-state index in [2.05, 4.69) is 0 Å². The molecule has 1 aromatic carbocycles. The molecule has 0 amide bonds. The Morgan fingerprint density at radius 1 is 1.33 bits per heavy atom. The van der Waals surface area contributed by atoms with Crippen molar-refractivity contribution in [3.8, 4) is 5.75 Å². The number of fused-ring (bicyclic) bond motifs is 1. The molecule has 18 heavy (non-hydrogen) atoms. The molecular formula is C14H14O3S. The Morgan fingerprint density at radius 2 is 2.22 bits per heavy atom. The maximum absolute atomic E-state index is 10.2. The van der Waals surface area contributed by atoms with Crippen LogP contribution in [0.1, 0.15) is 5.56 Å². The molecule has 0 saturated heterocycles. The standard InChI is InChI=1S/C14H14O3S/c15-11(7-10-5-6-16-8-10)13-9-18-14-4-2-1-3-12(14)17-13/h1-6,8,11,13,15H,7,9H2. The molecule has 0 spiro atoms. The van der Waals surface area contributed by atoms with Crippen LogP contribution >= 0.6 is 11.8 Å². The lowest BCUT2D eigenvalue weighted by Crippen LogP contribution is -2.37. The van der Waals surface area contributed by atoms with E-state index in [1.165, 1.54) is 0 Å².